The van der Waals surface area contributed by atoms with E-state index in [0.29, 0.717) is 0 Å². The second kappa shape index (κ2) is 8.89. The van der Waals surface area contributed by atoms with Crippen molar-refractivity contribution in [3.8, 4) is 0 Å². The van der Waals surface area contributed by atoms with Crippen molar-refractivity contribution >= 4 is 35.0 Å². The minimum absolute atomic E-state index is 0.440. The van der Waals surface area contributed by atoms with Crippen LogP contribution in [0.2, 0.25) is 5.04 Å². The maximum absolute atomic E-state index is 12.5. The van der Waals surface area contributed by atoms with Crippen LogP contribution in [-0.2, 0) is 19.5 Å². The molecule has 1 amide bonds. The Balaban J connectivity index is 2.43. The molecule has 9 heteroatoms. The van der Waals surface area contributed by atoms with Crippen LogP contribution in [0.25, 0.3) is 0 Å². The Morgan fingerprint density at radius 1 is 0.833 bits per heavy atom. The predicted octanol–water partition coefficient (Wildman–Crippen LogP) is 2.84. The van der Waals surface area contributed by atoms with Gasteiger partial charge in [0.1, 0.15) is 5.60 Å². The molecule has 0 aliphatic carbocycles. The van der Waals surface area contributed by atoms with E-state index >= 15 is 0 Å². The summed E-state index contributed by atoms with van der Waals surface area (Å²) in [5, 5.41) is 1.34. The molecule has 2 N–H and O–H groups in total. The predicted molar refractivity (Wildman–Crippen MR) is 120 cm³/mol. The highest BCUT2D eigenvalue weighted by molar-refractivity contribution is 7.88. The fraction of sp³-hybridized carbons (Fsp3) is 0.381. The van der Waals surface area contributed by atoms with E-state index in [9.17, 15) is 13.2 Å². The van der Waals surface area contributed by atoms with Gasteiger partial charge in [-0.3, -0.25) is 0 Å². The van der Waals surface area contributed by atoms with Gasteiger partial charge in [0.05, 0.1) is 0 Å². The maximum Gasteiger partial charge on any atom is 0.422 e. The van der Waals surface area contributed by atoms with Gasteiger partial charge >= 0.3 is 16.3 Å². The average Bonchev–Trinajstić information content (AvgIpc) is 2.60. The molecule has 0 saturated carbocycles. The molecule has 0 bridgehead atoms. The van der Waals surface area contributed by atoms with E-state index < -0.39 is 35.3 Å². The summed E-state index contributed by atoms with van der Waals surface area (Å²) in [5.41, 5.74) is -0.835. The Bertz CT molecular complexity index is 913. The van der Waals surface area contributed by atoms with Crippen LogP contribution in [0.1, 0.15) is 41.5 Å². The third kappa shape index (κ3) is 5.91. The molecule has 0 fully saturated rings. The molecule has 0 aromatic heterocycles. The van der Waals surface area contributed by atoms with Gasteiger partial charge in [-0.15, -0.1) is 0 Å². The summed E-state index contributed by atoms with van der Waals surface area (Å²) in [5.74, 6) is 0. The van der Waals surface area contributed by atoms with Crippen molar-refractivity contribution in [3.63, 3.8) is 0 Å². The van der Waals surface area contributed by atoms with Crippen molar-refractivity contribution in [2.75, 3.05) is 0 Å². The third-order valence-corrected chi connectivity index (χ3v) is 10.0. The van der Waals surface area contributed by atoms with Crippen LogP contribution in [0.5, 0.6) is 0 Å². The number of carbonyl (C=O) groups excluding carboxylic acids is 1. The summed E-state index contributed by atoms with van der Waals surface area (Å²) < 4.78 is 38.0. The SMILES string of the molecule is CC(C)(C)OC(=O)NS(=O)(=O)NO[Si](c1ccccc1)(c1ccccc1)C(C)(C)C. The number of hydrogen-bond donors (Lipinski definition) is 2. The highest BCUT2D eigenvalue weighted by Gasteiger charge is 2.51. The molecular weight excluding hydrogens is 420 g/mol. The Labute approximate surface area is 180 Å². The molecule has 0 heterocycles. The van der Waals surface area contributed by atoms with Crippen molar-refractivity contribution < 1.29 is 22.5 Å². The lowest BCUT2D eigenvalue weighted by atomic mass is 10.2. The van der Waals surface area contributed by atoms with Crippen LogP contribution in [-0.4, -0.2) is 28.4 Å². The number of carbonyl (C=O) groups is 1. The summed E-state index contributed by atoms with van der Waals surface area (Å²) in [6.45, 7) is 11.0. The molecule has 0 aliphatic rings. The summed E-state index contributed by atoms with van der Waals surface area (Å²) in [7, 11) is -7.46. The van der Waals surface area contributed by atoms with Crippen molar-refractivity contribution in [2.24, 2.45) is 0 Å². The standard InChI is InChI=1S/C21H30N2O5SSi/c1-20(2,3)27-19(24)22-29(25,26)23-28-30(21(4,5)6,17-13-9-7-10-14-17)18-15-11-8-12-16-18/h7-16,23H,1-6H3,(H,22,24). The number of rotatable bonds is 6. The van der Waals surface area contributed by atoms with Gasteiger partial charge in [-0.2, -0.15) is 8.42 Å². The zero-order chi connectivity index (χ0) is 22.6. The summed E-state index contributed by atoms with van der Waals surface area (Å²) in [4.78, 5) is 14.1. The average molecular weight is 451 g/mol. The Morgan fingerprint density at radius 2 is 1.27 bits per heavy atom. The molecular formula is C21H30N2O5SSi. The lowest BCUT2D eigenvalue weighted by Gasteiger charge is -2.41. The first-order valence-electron chi connectivity index (χ1n) is 9.58. The highest BCUT2D eigenvalue weighted by Crippen LogP contribution is 2.36. The van der Waals surface area contributed by atoms with E-state index in [-0.39, 0.29) is 0 Å². The molecule has 0 spiro atoms. The van der Waals surface area contributed by atoms with Gasteiger partial charge in [0.2, 0.25) is 0 Å². The third-order valence-electron chi connectivity index (χ3n) is 4.34. The summed E-state index contributed by atoms with van der Waals surface area (Å²) >= 11 is 0. The monoisotopic (exact) mass is 450 g/mol. The number of ether oxygens (including phenoxy) is 1. The first-order valence-corrected chi connectivity index (χ1v) is 13.0. The zero-order valence-electron chi connectivity index (χ0n) is 18.2. The molecule has 7 nitrogen and oxygen atoms in total. The van der Waals surface area contributed by atoms with Crippen LogP contribution in [0, 0.1) is 0 Å². The van der Waals surface area contributed by atoms with E-state index in [4.69, 9.17) is 9.26 Å². The van der Waals surface area contributed by atoms with Gasteiger partial charge in [-0.25, -0.2) is 9.52 Å². The van der Waals surface area contributed by atoms with Gasteiger partial charge in [0.25, 0.3) is 8.32 Å². The Morgan fingerprint density at radius 3 is 1.63 bits per heavy atom. The Hall–Kier alpha value is -2.20. The molecule has 164 valence electrons. The molecule has 0 unspecified atom stereocenters. The number of hydrogen-bond acceptors (Lipinski definition) is 5. The second-order valence-corrected chi connectivity index (χ2v) is 14.6. The number of nitrogens with one attached hydrogen (secondary N) is 2. The van der Waals surface area contributed by atoms with Gasteiger partial charge < -0.3 is 9.26 Å². The van der Waals surface area contributed by atoms with Gasteiger partial charge in [-0.1, -0.05) is 86.3 Å². The van der Waals surface area contributed by atoms with Crippen LogP contribution in [0.4, 0.5) is 4.79 Å². The number of benzene rings is 2. The van der Waals surface area contributed by atoms with Gasteiger partial charge in [0.15, 0.2) is 0 Å². The van der Waals surface area contributed by atoms with Gasteiger partial charge in [-0.05, 0) is 36.2 Å². The van der Waals surface area contributed by atoms with Crippen molar-refractivity contribution in [1.29, 1.82) is 0 Å². The molecule has 2 aromatic carbocycles. The van der Waals surface area contributed by atoms with E-state index in [2.05, 4.69) is 4.89 Å². The largest absolute Gasteiger partial charge is 0.443 e. The van der Waals surface area contributed by atoms with Crippen molar-refractivity contribution in [3.05, 3.63) is 60.7 Å². The maximum atomic E-state index is 12.5. The highest BCUT2D eigenvalue weighted by atomic mass is 32.2. The second-order valence-electron chi connectivity index (χ2n) is 8.96. The number of amides is 1. The molecule has 0 aliphatic heterocycles. The topological polar surface area (TPSA) is 93.7 Å². The lowest BCUT2D eigenvalue weighted by Crippen LogP contribution is -2.69. The first kappa shape index (κ1) is 24.1. The van der Waals surface area contributed by atoms with Crippen LogP contribution in [0.15, 0.2) is 60.7 Å². The molecule has 2 rings (SSSR count). The fourth-order valence-electron chi connectivity index (χ4n) is 3.20. The fourth-order valence-corrected chi connectivity index (χ4v) is 8.37. The van der Waals surface area contributed by atoms with E-state index in [1.165, 1.54) is 0 Å². The first-order chi connectivity index (χ1) is 13.8. The van der Waals surface area contributed by atoms with Crippen molar-refractivity contribution in [2.45, 2.75) is 52.2 Å². The quantitative estimate of drug-likeness (QED) is 0.521. The van der Waals surface area contributed by atoms with Crippen LogP contribution >= 0.6 is 0 Å². The summed E-state index contributed by atoms with van der Waals surface area (Å²) in [6.07, 6.45) is -1.08. The minimum Gasteiger partial charge on any atom is -0.443 e. The van der Waals surface area contributed by atoms with Crippen LogP contribution in [0.3, 0.4) is 0 Å². The van der Waals surface area contributed by atoms with Crippen LogP contribution < -0.4 is 20.0 Å². The van der Waals surface area contributed by atoms with Gasteiger partial charge in [0, 0.05) is 0 Å². The molecule has 30 heavy (non-hydrogen) atoms. The lowest BCUT2D eigenvalue weighted by molar-refractivity contribution is 0.0566. The van der Waals surface area contributed by atoms with E-state index in [0.717, 1.165) is 10.4 Å². The summed E-state index contributed by atoms with van der Waals surface area (Å²) in [6, 6.07) is 19.1. The normalized spacial score (nSPS) is 13.0. The zero-order valence-corrected chi connectivity index (χ0v) is 20.0. The minimum atomic E-state index is -4.32. The van der Waals surface area contributed by atoms with E-state index in [1.807, 2.05) is 86.2 Å². The smallest absolute Gasteiger partial charge is 0.422 e. The Kier molecular flexibility index (Phi) is 7.13. The van der Waals surface area contributed by atoms with Crippen molar-refractivity contribution in [1.82, 2.24) is 9.61 Å². The molecule has 2 aromatic rings. The molecule has 0 atom stereocenters. The van der Waals surface area contributed by atoms with E-state index in [1.54, 1.807) is 20.8 Å². The molecule has 0 radical (unpaired) electrons. The molecule has 0 saturated heterocycles.